The van der Waals surface area contributed by atoms with Crippen LogP contribution >= 0.6 is 0 Å². The molecule has 0 aliphatic carbocycles. The maximum Gasteiger partial charge on any atom is 0.306 e. The second-order valence-corrected chi connectivity index (χ2v) is 19.9. The van der Waals surface area contributed by atoms with E-state index in [9.17, 15) is 14.4 Å². The maximum atomic E-state index is 12.8. The summed E-state index contributed by atoms with van der Waals surface area (Å²) in [6.45, 7) is 11.4. The molecule has 0 N–H and O–H groups in total. The molecule has 0 amide bonds. The predicted molar refractivity (Wildman–Crippen MR) is 266 cm³/mol. The molecule has 0 saturated carbocycles. The number of hydrogen-bond acceptors (Lipinski definition) is 6. The topological polar surface area (TPSA) is 78.9 Å². The molecule has 0 aromatic carbocycles. The lowest BCUT2D eigenvalue weighted by molar-refractivity contribution is -0.167. The van der Waals surface area contributed by atoms with Crippen LogP contribution in [0.4, 0.5) is 0 Å². The summed E-state index contributed by atoms with van der Waals surface area (Å²) in [4.78, 5) is 38.0. The molecule has 0 fully saturated rings. The molecule has 0 heterocycles. The molecule has 6 heteroatoms. The molecule has 368 valence electrons. The minimum atomic E-state index is -0.762. The molecule has 0 spiro atoms. The number of ether oxygens (including phenoxy) is 3. The zero-order chi connectivity index (χ0) is 45.4. The van der Waals surface area contributed by atoms with Crippen molar-refractivity contribution in [1.82, 2.24) is 0 Å². The average molecular weight is 877 g/mol. The summed E-state index contributed by atoms with van der Waals surface area (Å²) in [5, 5.41) is 0. The van der Waals surface area contributed by atoms with Crippen LogP contribution in [0.15, 0.2) is 0 Å². The molecule has 62 heavy (non-hydrogen) atoms. The quantitative estimate of drug-likeness (QED) is 0.0344. The molecule has 0 aromatic rings. The fraction of sp³-hybridized carbons (Fsp3) is 0.946. The Bertz CT molecular complexity index is 949. The van der Waals surface area contributed by atoms with E-state index in [4.69, 9.17) is 14.2 Å². The molecular weight excluding hydrogens is 769 g/mol. The van der Waals surface area contributed by atoms with Crippen LogP contribution in [-0.4, -0.2) is 37.2 Å². The Labute approximate surface area is 387 Å². The van der Waals surface area contributed by atoms with E-state index < -0.39 is 6.10 Å². The van der Waals surface area contributed by atoms with E-state index in [-0.39, 0.29) is 31.1 Å². The van der Waals surface area contributed by atoms with Crippen molar-refractivity contribution < 1.29 is 28.6 Å². The third-order valence-corrected chi connectivity index (χ3v) is 13.1. The summed E-state index contributed by atoms with van der Waals surface area (Å²) >= 11 is 0. The van der Waals surface area contributed by atoms with E-state index in [1.807, 2.05) is 0 Å². The molecule has 0 bridgehead atoms. The van der Waals surface area contributed by atoms with Crippen LogP contribution in [0.3, 0.4) is 0 Å². The first-order valence-electron chi connectivity index (χ1n) is 27.8. The van der Waals surface area contributed by atoms with Gasteiger partial charge in [-0.2, -0.15) is 0 Å². The van der Waals surface area contributed by atoms with Gasteiger partial charge in [0.05, 0.1) is 0 Å². The summed E-state index contributed by atoms with van der Waals surface area (Å²) < 4.78 is 16.9. The molecule has 0 saturated heterocycles. The standard InChI is InChI=1S/C56H108O6/c1-6-8-9-10-11-12-13-14-18-22-27-33-38-43-48-56(59)62-53(50-61-55(58)47-42-37-32-28-23-24-29-34-39-44-51(3)4)49-60-54(57)46-41-36-31-26-21-19-16-15-17-20-25-30-35-40-45-52(5)7-2/h51-53H,6-50H2,1-5H3/t52?,53-/m0/s1. The number of unbranched alkanes of at least 4 members (excludes halogenated alkanes) is 34. The summed E-state index contributed by atoms with van der Waals surface area (Å²) in [5.41, 5.74) is 0. The number of carbonyl (C=O) groups excluding carboxylic acids is 3. The molecule has 0 radical (unpaired) electrons. The first kappa shape index (κ1) is 60.4. The van der Waals surface area contributed by atoms with Gasteiger partial charge in [-0.05, 0) is 31.1 Å². The van der Waals surface area contributed by atoms with E-state index >= 15 is 0 Å². The second-order valence-electron chi connectivity index (χ2n) is 19.9. The fourth-order valence-electron chi connectivity index (χ4n) is 8.49. The van der Waals surface area contributed by atoms with Crippen LogP contribution < -0.4 is 0 Å². The monoisotopic (exact) mass is 877 g/mol. The third-order valence-electron chi connectivity index (χ3n) is 13.1. The first-order chi connectivity index (χ1) is 30.3. The Morgan fingerprint density at radius 1 is 0.339 bits per heavy atom. The number of carbonyl (C=O) groups is 3. The second kappa shape index (κ2) is 48.9. The smallest absolute Gasteiger partial charge is 0.306 e. The zero-order valence-electron chi connectivity index (χ0n) is 42.5. The largest absolute Gasteiger partial charge is 0.462 e. The van der Waals surface area contributed by atoms with Crippen LogP contribution in [0.1, 0.15) is 311 Å². The normalized spacial score (nSPS) is 12.5. The maximum absolute atomic E-state index is 12.8. The van der Waals surface area contributed by atoms with Crippen molar-refractivity contribution in [3.63, 3.8) is 0 Å². The van der Waals surface area contributed by atoms with Crippen molar-refractivity contribution in [2.75, 3.05) is 13.2 Å². The van der Waals surface area contributed by atoms with Gasteiger partial charge in [0.1, 0.15) is 13.2 Å². The van der Waals surface area contributed by atoms with Gasteiger partial charge in [-0.3, -0.25) is 14.4 Å². The van der Waals surface area contributed by atoms with Crippen molar-refractivity contribution in [3.05, 3.63) is 0 Å². The van der Waals surface area contributed by atoms with E-state index in [0.717, 1.165) is 69.6 Å². The van der Waals surface area contributed by atoms with Gasteiger partial charge in [0.2, 0.25) is 0 Å². The Morgan fingerprint density at radius 2 is 0.613 bits per heavy atom. The van der Waals surface area contributed by atoms with Gasteiger partial charge < -0.3 is 14.2 Å². The Hall–Kier alpha value is -1.59. The van der Waals surface area contributed by atoms with E-state index in [0.29, 0.717) is 19.3 Å². The lowest BCUT2D eigenvalue weighted by atomic mass is 9.99. The van der Waals surface area contributed by atoms with Crippen molar-refractivity contribution in [1.29, 1.82) is 0 Å². The van der Waals surface area contributed by atoms with Gasteiger partial charge >= 0.3 is 17.9 Å². The van der Waals surface area contributed by atoms with Gasteiger partial charge in [-0.15, -0.1) is 0 Å². The summed E-state index contributed by atoms with van der Waals surface area (Å²) in [6.07, 6.45) is 50.8. The van der Waals surface area contributed by atoms with Gasteiger partial charge in [0.15, 0.2) is 6.10 Å². The van der Waals surface area contributed by atoms with Gasteiger partial charge in [0.25, 0.3) is 0 Å². The number of esters is 3. The van der Waals surface area contributed by atoms with Crippen molar-refractivity contribution in [2.45, 2.75) is 317 Å². The van der Waals surface area contributed by atoms with Gasteiger partial charge in [-0.1, -0.05) is 272 Å². The highest BCUT2D eigenvalue weighted by atomic mass is 16.6. The van der Waals surface area contributed by atoms with Gasteiger partial charge in [0, 0.05) is 19.3 Å². The average Bonchev–Trinajstić information content (AvgIpc) is 3.26. The fourth-order valence-corrected chi connectivity index (χ4v) is 8.49. The lowest BCUT2D eigenvalue weighted by Gasteiger charge is -2.18. The summed E-state index contributed by atoms with van der Waals surface area (Å²) in [7, 11) is 0. The third kappa shape index (κ3) is 47.9. The lowest BCUT2D eigenvalue weighted by Crippen LogP contribution is -2.30. The van der Waals surface area contributed by atoms with Crippen LogP contribution in [0, 0.1) is 11.8 Å². The highest BCUT2D eigenvalue weighted by Gasteiger charge is 2.19. The molecule has 6 nitrogen and oxygen atoms in total. The Balaban J connectivity index is 4.28. The van der Waals surface area contributed by atoms with E-state index in [1.165, 1.54) is 199 Å². The van der Waals surface area contributed by atoms with Crippen molar-refractivity contribution in [2.24, 2.45) is 11.8 Å². The van der Waals surface area contributed by atoms with Crippen molar-refractivity contribution in [3.8, 4) is 0 Å². The SMILES string of the molecule is CCCCCCCCCCCCCCCCC(=O)O[C@@H](COC(=O)CCCCCCCCCCCCCCCCC(C)CC)COC(=O)CCCCCCCCCCCC(C)C. The zero-order valence-corrected chi connectivity index (χ0v) is 42.5. The molecule has 2 atom stereocenters. The highest BCUT2D eigenvalue weighted by molar-refractivity contribution is 5.71. The minimum absolute atomic E-state index is 0.0632. The predicted octanol–water partition coefficient (Wildman–Crippen LogP) is 18.1. The molecule has 0 aromatic heterocycles. The molecule has 1 unspecified atom stereocenters. The van der Waals surface area contributed by atoms with E-state index in [1.54, 1.807) is 0 Å². The van der Waals surface area contributed by atoms with Crippen molar-refractivity contribution >= 4 is 17.9 Å². The first-order valence-corrected chi connectivity index (χ1v) is 27.8. The van der Waals surface area contributed by atoms with Gasteiger partial charge in [-0.25, -0.2) is 0 Å². The highest BCUT2D eigenvalue weighted by Crippen LogP contribution is 2.18. The summed E-state index contributed by atoms with van der Waals surface area (Å²) in [5.74, 6) is 0.861. The molecular formula is C56H108O6. The Morgan fingerprint density at radius 3 is 0.919 bits per heavy atom. The van der Waals surface area contributed by atoms with Crippen LogP contribution in [0.2, 0.25) is 0 Å². The van der Waals surface area contributed by atoms with Crippen LogP contribution in [0.25, 0.3) is 0 Å². The Kier molecular flexibility index (Phi) is 47.6. The number of hydrogen-bond donors (Lipinski definition) is 0. The number of rotatable bonds is 50. The van der Waals surface area contributed by atoms with Crippen LogP contribution in [-0.2, 0) is 28.6 Å². The molecule has 0 aliphatic rings. The van der Waals surface area contributed by atoms with E-state index in [2.05, 4.69) is 34.6 Å². The summed E-state index contributed by atoms with van der Waals surface area (Å²) in [6, 6.07) is 0. The molecule has 0 rings (SSSR count). The molecule has 0 aliphatic heterocycles. The minimum Gasteiger partial charge on any atom is -0.462 e. The van der Waals surface area contributed by atoms with Crippen LogP contribution in [0.5, 0.6) is 0 Å².